The number of benzene rings is 1. The molecule has 0 amide bonds. The third kappa shape index (κ3) is 2.67. The van der Waals surface area contributed by atoms with E-state index in [2.05, 4.69) is 4.98 Å². The molecule has 1 aromatic heterocycles. The second kappa shape index (κ2) is 5.59. The van der Waals surface area contributed by atoms with Crippen molar-refractivity contribution in [1.82, 2.24) is 9.55 Å². The minimum atomic E-state index is -0.998. The van der Waals surface area contributed by atoms with E-state index in [0.29, 0.717) is 28.2 Å². The topological polar surface area (TPSA) is 96.0 Å². The Hall–Kier alpha value is -2.94. The van der Waals surface area contributed by atoms with Crippen molar-refractivity contribution >= 4 is 5.97 Å². The summed E-state index contributed by atoms with van der Waals surface area (Å²) in [5.41, 5.74) is 1.57. The van der Waals surface area contributed by atoms with Gasteiger partial charge in [-0.1, -0.05) is 12.1 Å². The maximum absolute atomic E-state index is 12.2. The summed E-state index contributed by atoms with van der Waals surface area (Å²) in [5, 5.41) is 18.1. The van der Waals surface area contributed by atoms with E-state index in [0.717, 1.165) is 0 Å². The molecule has 0 fully saturated rings. The van der Waals surface area contributed by atoms with Gasteiger partial charge in [0.15, 0.2) is 0 Å². The maximum Gasteiger partial charge on any atom is 0.352 e. The van der Waals surface area contributed by atoms with Crippen LogP contribution in [-0.4, -0.2) is 20.6 Å². The second-order valence-electron chi connectivity index (χ2n) is 4.58. The number of nitriles is 1. The van der Waals surface area contributed by atoms with Crippen molar-refractivity contribution in [3.8, 4) is 11.8 Å². The molecule has 1 aromatic carbocycles. The van der Waals surface area contributed by atoms with Crippen molar-refractivity contribution in [2.24, 2.45) is 0 Å². The second-order valence-corrected chi connectivity index (χ2v) is 4.58. The number of carbonyl (C=O) groups is 1. The van der Waals surface area contributed by atoms with Gasteiger partial charge in [-0.25, -0.2) is 4.79 Å². The molecule has 1 N–H and O–H groups in total. The number of carboxylic acid groups (broad SMARTS) is 1. The highest BCUT2D eigenvalue weighted by Gasteiger charge is 2.16. The van der Waals surface area contributed by atoms with E-state index in [-0.39, 0.29) is 6.42 Å². The van der Waals surface area contributed by atoms with Crippen LogP contribution in [0.5, 0.6) is 0 Å². The average molecular weight is 283 g/mol. The van der Waals surface area contributed by atoms with Crippen molar-refractivity contribution in [3.05, 3.63) is 57.3 Å². The molecule has 0 radical (unpaired) electrons. The molecular weight excluding hydrogens is 270 g/mol. The number of hydrogen-bond acceptors (Lipinski definition) is 4. The predicted molar refractivity (Wildman–Crippen MR) is 75.4 cm³/mol. The van der Waals surface area contributed by atoms with E-state index in [1.54, 1.807) is 38.1 Å². The number of para-hydroxylation sites is 1. The van der Waals surface area contributed by atoms with Crippen LogP contribution in [0.4, 0.5) is 0 Å². The highest BCUT2D eigenvalue weighted by Crippen LogP contribution is 2.17. The first-order valence-corrected chi connectivity index (χ1v) is 6.26. The van der Waals surface area contributed by atoms with E-state index in [4.69, 9.17) is 10.4 Å². The molecule has 0 spiro atoms. The van der Waals surface area contributed by atoms with Gasteiger partial charge in [0.1, 0.15) is 6.07 Å². The van der Waals surface area contributed by atoms with Crippen LogP contribution in [0.25, 0.3) is 5.69 Å². The van der Waals surface area contributed by atoms with Gasteiger partial charge in [0.2, 0.25) is 0 Å². The number of aliphatic carboxylic acids is 1. The molecule has 0 aliphatic heterocycles. The normalized spacial score (nSPS) is 10.1. The molecule has 0 saturated heterocycles. The Morgan fingerprint density at radius 2 is 2.05 bits per heavy atom. The van der Waals surface area contributed by atoms with Gasteiger partial charge in [-0.2, -0.15) is 10.2 Å². The molecule has 0 saturated carbocycles. The maximum atomic E-state index is 12.2. The summed E-state index contributed by atoms with van der Waals surface area (Å²) < 4.78 is 1.28. The Bertz CT molecular complexity index is 816. The first kappa shape index (κ1) is 14.5. The minimum Gasteiger partial charge on any atom is -0.481 e. The zero-order chi connectivity index (χ0) is 15.6. The summed E-state index contributed by atoms with van der Waals surface area (Å²) in [6.07, 6.45) is -0.223. The van der Waals surface area contributed by atoms with Crippen LogP contribution >= 0.6 is 0 Å². The summed E-state index contributed by atoms with van der Waals surface area (Å²) in [7, 11) is 0. The van der Waals surface area contributed by atoms with Crippen LogP contribution in [0, 0.1) is 25.2 Å². The predicted octanol–water partition coefficient (Wildman–Crippen LogP) is 1.35. The van der Waals surface area contributed by atoms with Crippen molar-refractivity contribution in [1.29, 1.82) is 5.26 Å². The largest absolute Gasteiger partial charge is 0.481 e. The monoisotopic (exact) mass is 283 g/mol. The van der Waals surface area contributed by atoms with Gasteiger partial charge >= 0.3 is 11.7 Å². The van der Waals surface area contributed by atoms with Crippen LogP contribution in [0.2, 0.25) is 0 Å². The molecule has 6 heteroatoms. The SMILES string of the molecule is Cc1nc(=O)n(-c2ccccc2C#N)c(C)c1CC(=O)O. The fourth-order valence-electron chi connectivity index (χ4n) is 2.26. The standard InChI is InChI=1S/C15H13N3O3/c1-9-12(7-14(19)20)10(2)18(15(21)17-9)13-6-4-3-5-11(13)8-16/h3-6H,7H2,1-2H3,(H,19,20). The molecule has 2 rings (SSSR count). The molecule has 21 heavy (non-hydrogen) atoms. The van der Waals surface area contributed by atoms with Crippen molar-refractivity contribution < 1.29 is 9.90 Å². The number of nitrogens with zero attached hydrogens (tertiary/aromatic N) is 3. The van der Waals surface area contributed by atoms with Crippen LogP contribution < -0.4 is 5.69 Å². The zero-order valence-electron chi connectivity index (χ0n) is 11.6. The number of carboxylic acids is 1. The van der Waals surface area contributed by atoms with E-state index < -0.39 is 11.7 Å². The van der Waals surface area contributed by atoms with E-state index >= 15 is 0 Å². The van der Waals surface area contributed by atoms with Gasteiger partial charge in [0.05, 0.1) is 17.7 Å². The quantitative estimate of drug-likeness (QED) is 0.917. The lowest BCUT2D eigenvalue weighted by Crippen LogP contribution is -2.27. The lowest BCUT2D eigenvalue weighted by Gasteiger charge is -2.15. The van der Waals surface area contributed by atoms with Gasteiger partial charge in [0, 0.05) is 17.0 Å². The summed E-state index contributed by atoms with van der Waals surface area (Å²) in [4.78, 5) is 27.0. The number of rotatable bonds is 3. The Labute approximate surface area is 120 Å². The van der Waals surface area contributed by atoms with Crippen LogP contribution in [0.1, 0.15) is 22.5 Å². The van der Waals surface area contributed by atoms with Gasteiger partial charge in [-0.05, 0) is 26.0 Å². The molecule has 0 bridgehead atoms. The molecule has 0 aliphatic rings. The van der Waals surface area contributed by atoms with Crippen LogP contribution in [0.15, 0.2) is 29.1 Å². The van der Waals surface area contributed by atoms with Crippen molar-refractivity contribution in [2.75, 3.05) is 0 Å². The smallest absolute Gasteiger partial charge is 0.352 e. The average Bonchev–Trinajstić information content (AvgIpc) is 2.43. The molecule has 0 aliphatic carbocycles. The Morgan fingerprint density at radius 3 is 2.67 bits per heavy atom. The molecule has 0 atom stereocenters. The highest BCUT2D eigenvalue weighted by atomic mass is 16.4. The molecule has 106 valence electrons. The number of hydrogen-bond donors (Lipinski definition) is 1. The van der Waals surface area contributed by atoms with Crippen molar-refractivity contribution in [3.63, 3.8) is 0 Å². The lowest BCUT2D eigenvalue weighted by molar-refractivity contribution is -0.136. The number of aromatic nitrogens is 2. The van der Waals surface area contributed by atoms with Gasteiger partial charge < -0.3 is 5.11 Å². The Morgan fingerprint density at radius 1 is 1.38 bits per heavy atom. The van der Waals surface area contributed by atoms with Crippen molar-refractivity contribution in [2.45, 2.75) is 20.3 Å². The highest BCUT2D eigenvalue weighted by molar-refractivity contribution is 5.71. The van der Waals surface area contributed by atoms with E-state index in [1.807, 2.05) is 6.07 Å². The lowest BCUT2D eigenvalue weighted by atomic mass is 10.1. The molecule has 1 heterocycles. The molecule has 6 nitrogen and oxygen atoms in total. The molecule has 2 aromatic rings. The minimum absolute atomic E-state index is 0.223. The number of aryl methyl sites for hydroxylation is 1. The summed E-state index contributed by atoms with van der Waals surface area (Å²) >= 11 is 0. The summed E-state index contributed by atoms with van der Waals surface area (Å²) in [6.45, 7) is 3.26. The Kier molecular flexibility index (Phi) is 3.85. The van der Waals surface area contributed by atoms with Gasteiger partial charge in [-0.3, -0.25) is 9.36 Å². The molecular formula is C15H13N3O3. The Balaban J connectivity index is 2.79. The van der Waals surface area contributed by atoms with Gasteiger partial charge in [-0.15, -0.1) is 0 Å². The van der Waals surface area contributed by atoms with Crippen LogP contribution in [0.3, 0.4) is 0 Å². The third-order valence-corrected chi connectivity index (χ3v) is 3.26. The zero-order valence-corrected chi connectivity index (χ0v) is 11.6. The fraction of sp³-hybridized carbons (Fsp3) is 0.200. The fourth-order valence-corrected chi connectivity index (χ4v) is 2.26. The summed E-state index contributed by atoms with van der Waals surface area (Å²) in [5.74, 6) is -0.998. The van der Waals surface area contributed by atoms with E-state index in [9.17, 15) is 9.59 Å². The summed E-state index contributed by atoms with van der Waals surface area (Å²) in [6, 6.07) is 8.65. The van der Waals surface area contributed by atoms with Gasteiger partial charge in [0.25, 0.3) is 0 Å². The first-order valence-electron chi connectivity index (χ1n) is 6.26. The van der Waals surface area contributed by atoms with E-state index in [1.165, 1.54) is 4.57 Å². The third-order valence-electron chi connectivity index (χ3n) is 3.26. The van der Waals surface area contributed by atoms with Crippen LogP contribution in [-0.2, 0) is 11.2 Å². The molecule has 0 unspecified atom stereocenters. The first-order chi connectivity index (χ1) is 9.95.